The minimum absolute atomic E-state index is 0.0923. The van der Waals surface area contributed by atoms with Gasteiger partial charge in [0.25, 0.3) is 5.91 Å². The molecule has 3 nitrogen and oxygen atoms in total. The zero-order valence-electron chi connectivity index (χ0n) is 11.9. The molecule has 1 aromatic rings. The topological polar surface area (TPSA) is 25.2 Å². The molecule has 1 rings (SSSR count). The molecule has 1 unspecified atom stereocenters. The van der Waals surface area contributed by atoms with Gasteiger partial charge < -0.3 is 9.47 Å². The van der Waals surface area contributed by atoms with E-state index in [0.29, 0.717) is 5.92 Å². The van der Waals surface area contributed by atoms with Gasteiger partial charge in [-0.25, -0.2) is 0 Å². The van der Waals surface area contributed by atoms with Crippen LogP contribution >= 0.6 is 15.9 Å². The Morgan fingerprint density at radius 2 is 2.06 bits per heavy atom. The number of rotatable bonds is 5. The van der Waals surface area contributed by atoms with Gasteiger partial charge in [0.05, 0.1) is 0 Å². The number of aromatic nitrogens is 1. The lowest BCUT2D eigenvalue weighted by Gasteiger charge is -2.22. The molecule has 0 spiro atoms. The molecule has 1 aromatic heterocycles. The van der Waals surface area contributed by atoms with Gasteiger partial charge in [-0.15, -0.1) is 0 Å². The third-order valence-electron chi connectivity index (χ3n) is 3.22. The molecule has 0 saturated heterocycles. The molecular weight excluding hydrogens is 292 g/mol. The summed E-state index contributed by atoms with van der Waals surface area (Å²) in [5.41, 5.74) is 0.752. The van der Waals surface area contributed by atoms with Gasteiger partial charge in [0.15, 0.2) is 0 Å². The quantitative estimate of drug-likeness (QED) is 0.807. The van der Waals surface area contributed by atoms with E-state index >= 15 is 0 Å². The summed E-state index contributed by atoms with van der Waals surface area (Å²) in [5.74, 6) is 0.625. The van der Waals surface area contributed by atoms with E-state index in [1.165, 1.54) is 0 Å². The summed E-state index contributed by atoms with van der Waals surface area (Å²) in [4.78, 5) is 14.2. The van der Waals surface area contributed by atoms with E-state index in [0.717, 1.165) is 23.1 Å². The normalized spacial score (nSPS) is 12.8. The van der Waals surface area contributed by atoms with Crippen molar-refractivity contribution < 1.29 is 4.79 Å². The SMILES string of the molecule is CCC(C)CN(C)C(=O)c1cc(Br)cn1C(C)C. The van der Waals surface area contributed by atoms with E-state index in [1.54, 1.807) is 0 Å². The molecule has 0 aliphatic carbocycles. The van der Waals surface area contributed by atoms with Gasteiger partial charge in [-0.05, 0) is 41.8 Å². The third kappa shape index (κ3) is 3.61. The van der Waals surface area contributed by atoms with Crippen LogP contribution in [-0.2, 0) is 0 Å². The van der Waals surface area contributed by atoms with Crippen molar-refractivity contribution in [3.8, 4) is 0 Å². The second-order valence-corrected chi connectivity index (χ2v) is 6.16. The zero-order valence-corrected chi connectivity index (χ0v) is 13.5. The highest BCUT2D eigenvalue weighted by Crippen LogP contribution is 2.20. The summed E-state index contributed by atoms with van der Waals surface area (Å²) in [6.45, 7) is 9.28. The third-order valence-corrected chi connectivity index (χ3v) is 3.65. The fourth-order valence-corrected chi connectivity index (χ4v) is 2.36. The number of carbonyl (C=O) groups excluding carboxylic acids is 1. The Bertz CT molecular complexity index is 412. The van der Waals surface area contributed by atoms with Gasteiger partial charge in [0.2, 0.25) is 0 Å². The Kier molecular flexibility index (Phi) is 5.45. The largest absolute Gasteiger partial charge is 0.340 e. The number of hydrogen-bond donors (Lipinski definition) is 0. The van der Waals surface area contributed by atoms with Crippen molar-refractivity contribution in [1.29, 1.82) is 0 Å². The van der Waals surface area contributed by atoms with Crippen molar-refractivity contribution in [3.05, 3.63) is 22.4 Å². The maximum absolute atomic E-state index is 12.4. The molecule has 0 radical (unpaired) electrons. The lowest BCUT2D eigenvalue weighted by Crippen LogP contribution is -2.32. The lowest BCUT2D eigenvalue weighted by molar-refractivity contribution is 0.0762. The minimum atomic E-state index is 0.0923. The van der Waals surface area contributed by atoms with E-state index in [1.807, 2.05) is 28.8 Å². The first-order valence-corrected chi connectivity index (χ1v) is 7.28. The van der Waals surface area contributed by atoms with Crippen LogP contribution in [-0.4, -0.2) is 29.0 Å². The molecule has 0 bridgehead atoms. The van der Waals surface area contributed by atoms with Crippen LogP contribution in [0.5, 0.6) is 0 Å². The van der Waals surface area contributed by atoms with Gasteiger partial charge in [-0.2, -0.15) is 0 Å². The van der Waals surface area contributed by atoms with Crippen molar-refractivity contribution in [3.63, 3.8) is 0 Å². The Labute approximate surface area is 118 Å². The van der Waals surface area contributed by atoms with Crippen molar-refractivity contribution in [2.45, 2.75) is 40.2 Å². The molecule has 0 aliphatic heterocycles. The van der Waals surface area contributed by atoms with Gasteiger partial charge in [0, 0.05) is 30.3 Å². The van der Waals surface area contributed by atoms with Gasteiger partial charge >= 0.3 is 0 Å². The second-order valence-electron chi connectivity index (χ2n) is 5.24. The number of nitrogens with zero attached hydrogens (tertiary/aromatic N) is 2. The Hall–Kier alpha value is -0.770. The van der Waals surface area contributed by atoms with Crippen LogP contribution in [0.3, 0.4) is 0 Å². The summed E-state index contributed by atoms with van der Waals surface area (Å²) in [6, 6.07) is 2.18. The fourth-order valence-electron chi connectivity index (χ4n) is 1.92. The molecule has 0 aliphatic rings. The predicted molar refractivity (Wildman–Crippen MR) is 78.9 cm³/mol. The van der Waals surface area contributed by atoms with Crippen molar-refractivity contribution in [2.75, 3.05) is 13.6 Å². The monoisotopic (exact) mass is 314 g/mol. The highest BCUT2D eigenvalue weighted by molar-refractivity contribution is 9.10. The zero-order chi connectivity index (χ0) is 13.9. The summed E-state index contributed by atoms with van der Waals surface area (Å²) in [7, 11) is 1.88. The molecule has 0 fully saturated rings. The highest BCUT2D eigenvalue weighted by atomic mass is 79.9. The molecule has 1 atom stereocenters. The molecule has 0 N–H and O–H groups in total. The number of carbonyl (C=O) groups is 1. The van der Waals surface area contributed by atoms with Gasteiger partial charge in [-0.1, -0.05) is 20.3 Å². The van der Waals surface area contributed by atoms with Crippen molar-refractivity contribution in [2.24, 2.45) is 5.92 Å². The number of halogens is 1. The first kappa shape index (κ1) is 15.3. The fraction of sp³-hybridized carbons (Fsp3) is 0.643. The first-order chi connectivity index (χ1) is 8.36. The van der Waals surface area contributed by atoms with Crippen LogP contribution in [0.25, 0.3) is 0 Å². The molecule has 1 amide bonds. The Morgan fingerprint density at radius 1 is 1.44 bits per heavy atom. The average molecular weight is 315 g/mol. The average Bonchev–Trinajstić information content (AvgIpc) is 2.70. The van der Waals surface area contributed by atoms with Crippen LogP contribution in [0.1, 0.15) is 50.6 Å². The molecule has 4 heteroatoms. The Morgan fingerprint density at radius 3 is 2.56 bits per heavy atom. The molecular formula is C14H23BrN2O. The van der Waals surface area contributed by atoms with E-state index < -0.39 is 0 Å². The summed E-state index contributed by atoms with van der Waals surface area (Å²) < 4.78 is 2.97. The van der Waals surface area contributed by atoms with Gasteiger partial charge in [0.1, 0.15) is 5.69 Å². The first-order valence-electron chi connectivity index (χ1n) is 6.49. The Balaban J connectivity index is 2.89. The van der Waals surface area contributed by atoms with E-state index in [2.05, 4.69) is 43.6 Å². The van der Waals surface area contributed by atoms with E-state index in [-0.39, 0.29) is 11.9 Å². The highest BCUT2D eigenvalue weighted by Gasteiger charge is 2.19. The van der Waals surface area contributed by atoms with E-state index in [4.69, 9.17) is 0 Å². The van der Waals surface area contributed by atoms with Crippen LogP contribution in [0.15, 0.2) is 16.7 Å². The van der Waals surface area contributed by atoms with Crippen LogP contribution in [0.2, 0.25) is 0 Å². The number of amides is 1. The van der Waals surface area contributed by atoms with E-state index in [9.17, 15) is 4.79 Å². The molecule has 0 aromatic carbocycles. The second kappa shape index (κ2) is 6.41. The predicted octanol–water partition coefficient (Wildman–Crippen LogP) is 3.95. The van der Waals surface area contributed by atoms with Crippen molar-refractivity contribution in [1.82, 2.24) is 9.47 Å². The summed E-state index contributed by atoms with van der Waals surface area (Å²) in [6.07, 6.45) is 3.06. The molecule has 18 heavy (non-hydrogen) atoms. The molecule has 102 valence electrons. The number of hydrogen-bond acceptors (Lipinski definition) is 1. The standard InChI is InChI=1S/C14H23BrN2O/c1-6-11(4)8-16(5)14(18)13-7-12(15)9-17(13)10(2)3/h7,9-11H,6,8H2,1-5H3. The molecule has 1 heterocycles. The smallest absolute Gasteiger partial charge is 0.270 e. The van der Waals surface area contributed by atoms with Crippen molar-refractivity contribution >= 4 is 21.8 Å². The maximum Gasteiger partial charge on any atom is 0.270 e. The maximum atomic E-state index is 12.4. The van der Waals surface area contributed by atoms with Gasteiger partial charge in [-0.3, -0.25) is 4.79 Å². The molecule has 0 saturated carbocycles. The van der Waals surface area contributed by atoms with Crippen LogP contribution in [0, 0.1) is 5.92 Å². The summed E-state index contributed by atoms with van der Waals surface area (Å²) in [5, 5.41) is 0. The summed E-state index contributed by atoms with van der Waals surface area (Å²) >= 11 is 3.44. The van der Waals surface area contributed by atoms with Crippen LogP contribution in [0.4, 0.5) is 0 Å². The minimum Gasteiger partial charge on any atom is -0.340 e. The lowest BCUT2D eigenvalue weighted by atomic mass is 10.1. The van der Waals surface area contributed by atoms with Crippen LogP contribution < -0.4 is 0 Å².